The molecule has 0 aliphatic heterocycles. The molecular weight excluding hydrogens is 481 g/mol. The number of hydrogen-bond donors (Lipinski definition) is 1. The first-order chi connectivity index (χ1) is 13.1. The van der Waals surface area contributed by atoms with E-state index < -0.39 is 0 Å². The van der Waals surface area contributed by atoms with E-state index in [9.17, 15) is 0 Å². The van der Waals surface area contributed by atoms with Crippen molar-refractivity contribution in [1.29, 1.82) is 0 Å². The maximum atomic E-state index is 6.24. The highest BCUT2D eigenvalue weighted by atomic mass is 79.9. The Labute approximate surface area is 193 Å². The lowest BCUT2D eigenvalue weighted by atomic mass is 10.1. The molecule has 0 aromatic heterocycles. The fourth-order valence-electron chi connectivity index (χ4n) is 2.87. The first kappa shape index (κ1) is 25.6. The summed E-state index contributed by atoms with van der Waals surface area (Å²) in [6.07, 6.45) is 7.85. The molecular formula is C22H29BrCl3NO. The van der Waals surface area contributed by atoms with Crippen LogP contribution in [0.4, 0.5) is 0 Å². The van der Waals surface area contributed by atoms with E-state index in [4.69, 9.17) is 27.9 Å². The molecule has 0 spiro atoms. The molecule has 1 N–H and O–H groups in total. The molecule has 0 amide bonds. The Hall–Kier alpha value is -0.450. The van der Waals surface area contributed by atoms with Crippen LogP contribution in [0.15, 0.2) is 40.9 Å². The molecule has 0 saturated heterocycles. The molecule has 0 fully saturated rings. The second-order valence-corrected chi connectivity index (χ2v) is 8.48. The van der Waals surface area contributed by atoms with Crippen molar-refractivity contribution in [2.45, 2.75) is 58.6 Å². The van der Waals surface area contributed by atoms with E-state index in [2.05, 4.69) is 34.2 Å². The highest BCUT2D eigenvalue weighted by molar-refractivity contribution is 9.10. The molecule has 0 heterocycles. The van der Waals surface area contributed by atoms with Crippen molar-refractivity contribution >= 4 is 51.5 Å². The number of ether oxygens (including phenoxy) is 1. The molecule has 156 valence electrons. The van der Waals surface area contributed by atoms with Crippen LogP contribution in [0.25, 0.3) is 0 Å². The summed E-state index contributed by atoms with van der Waals surface area (Å²) in [5.41, 5.74) is 2.07. The van der Waals surface area contributed by atoms with E-state index in [1.54, 1.807) is 6.07 Å². The van der Waals surface area contributed by atoms with Crippen molar-refractivity contribution in [2.75, 3.05) is 6.54 Å². The monoisotopic (exact) mass is 507 g/mol. The van der Waals surface area contributed by atoms with Gasteiger partial charge in [0, 0.05) is 32.2 Å². The molecule has 0 saturated carbocycles. The van der Waals surface area contributed by atoms with Gasteiger partial charge in [0.1, 0.15) is 12.4 Å². The topological polar surface area (TPSA) is 21.3 Å². The minimum atomic E-state index is 0. The van der Waals surface area contributed by atoms with Crippen molar-refractivity contribution in [3.63, 3.8) is 0 Å². The summed E-state index contributed by atoms with van der Waals surface area (Å²) >= 11 is 15.7. The van der Waals surface area contributed by atoms with Crippen molar-refractivity contribution in [1.82, 2.24) is 5.32 Å². The second kappa shape index (κ2) is 14.5. The fraction of sp³-hybridized carbons (Fsp3) is 0.455. The van der Waals surface area contributed by atoms with Crippen molar-refractivity contribution < 1.29 is 4.74 Å². The second-order valence-electron chi connectivity index (χ2n) is 6.72. The Balaban J connectivity index is 0.00000392. The Morgan fingerprint density at radius 1 is 0.929 bits per heavy atom. The molecule has 0 atom stereocenters. The van der Waals surface area contributed by atoms with E-state index in [1.165, 1.54) is 38.5 Å². The Morgan fingerprint density at radius 2 is 1.68 bits per heavy atom. The summed E-state index contributed by atoms with van der Waals surface area (Å²) in [5.74, 6) is 0.875. The summed E-state index contributed by atoms with van der Waals surface area (Å²) in [6, 6.07) is 11.6. The molecule has 2 rings (SSSR count). The summed E-state index contributed by atoms with van der Waals surface area (Å²) in [7, 11) is 0. The van der Waals surface area contributed by atoms with Crippen LogP contribution in [0.3, 0.4) is 0 Å². The number of hydrogen-bond acceptors (Lipinski definition) is 2. The third-order valence-corrected chi connectivity index (χ3v) is 5.52. The normalized spacial score (nSPS) is 10.6. The zero-order valence-corrected chi connectivity index (χ0v) is 20.2. The van der Waals surface area contributed by atoms with E-state index in [0.717, 1.165) is 34.4 Å². The zero-order valence-electron chi connectivity index (χ0n) is 16.3. The van der Waals surface area contributed by atoms with Crippen LogP contribution in [-0.4, -0.2) is 6.54 Å². The van der Waals surface area contributed by atoms with E-state index in [1.807, 2.05) is 24.3 Å². The molecule has 0 bridgehead atoms. The van der Waals surface area contributed by atoms with E-state index in [-0.39, 0.29) is 12.4 Å². The van der Waals surface area contributed by atoms with Gasteiger partial charge in [0.05, 0.1) is 0 Å². The minimum Gasteiger partial charge on any atom is -0.489 e. The van der Waals surface area contributed by atoms with Gasteiger partial charge in [-0.2, -0.15) is 0 Å². The molecule has 28 heavy (non-hydrogen) atoms. The quantitative estimate of drug-likeness (QED) is 0.291. The van der Waals surface area contributed by atoms with Gasteiger partial charge in [0.25, 0.3) is 0 Å². The van der Waals surface area contributed by atoms with Crippen LogP contribution in [0.5, 0.6) is 5.75 Å². The van der Waals surface area contributed by atoms with Gasteiger partial charge < -0.3 is 10.1 Å². The lowest BCUT2D eigenvalue weighted by Crippen LogP contribution is -2.15. The first-order valence-corrected chi connectivity index (χ1v) is 11.2. The highest BCUT2D eigenvalue weighted by Crippen LogP contribution is 2.26. The summed E-state index contributed by atoms with van der Waals surface area (Å²) in [6.45, 7) is 4.49. The van der Waals surface area contributed by atoms with E-state index >= 15 is 0 Å². The lowest BCUT2D eigenvalue weighted by molar-refractivity contribution is 0.302. The standard InChI is InChI=1S/C22H28BrCl2NO.ClH/c1-2-3-4-5-6-7-12-26-15-18-13-19(23)9-11-22(18)27-16-17-8-10-20(24)14-21(17)25;/h8-11,13-14,26H,2-7,12,15-16H2,1H3;1H. The lowest BCUT2D eigenvalue weighted by Gasteiger charge is -2.14. The van der Waals surface area contributed by atoms with Gasteiger partial charge in [-0.1, -0.05) is 84.2 Å². The number of rotatable bonds is 12. The molecule has 0 aliphatic rings. The number of unbranched alkanes of at least 4 members (excludes halogenated alkanes) is 5. The SMILES string of the molecule is CCCCCCCCNCc1cc(Br)ccc1OCc1ccc(Cl)cc1Cl.Cl. The number of halogens is 4. The molecule has 2 nitrogen and oxygen atoms in total. The van der Waals surface area contributed by atoms with Gasteiger partial charge in [0.2, 0.25) is 0 Å². The number of benzene rings is 2. The average Bonchev–Trinajstić information content (AvgIpc) is 2.64. The zero-order chi connectivity index (χ0) is 19.5. The van der Waals surface area contributed by atoms with E-state index in [0.29, 0.717) is 16.7 Å². The smallest absolute Gasteiger partial charge is 0.124 e. The summed E-state index contributed by atoms with van der Waals surface area (Å²) in [5, 5.41) is 4.79. The van der Waals surface area contributed by atoms with Gasteiger partial charge in [-0.3, -0.25) is 0 Å². The van der Waals surface area contributed by atoms with Gasteiger partial charge in [-0.15, -0.1) is 12.4 Å². The predicted molar refractivity (Wildman–Crippen MR) is 127 cm³/mol. The fourth-order valence-corrected chi connectivity index (χ4v) is 3.75. The van der Waals surface area contributed by atoms with Crippen LogP contribution in [0, 0.1) is 0 Å². The number of nitrogens with one attached hydrogen (secondary N) is 1. The van der Waals surface area contributed by atoms with Crippen LogP contribution in [0.2, 0.25) is 10.0 Å². The van der Waals surface area contributed by atoms with Gasteiger partial charge in [0.15, 0.2) is 0 Å². The maximum Gasteiger partial charge on any atom is 0.124 e. The van der Waals surface area contributed by atoms with Crippen molar-refractivity contribution in [3.8, 4) is 5.75 Å². The molecule has 2 aromatic carbocycles. The highest BCUT2D eigenvalue weighted by Gasteiger charge is 2.07. The maximum absolute atomic E-state index is 6.24. The largest absolute Gasteiger partial charge is 0.489 e. The van der Waals surface area contributed by atoms with Crippen LogP contribution in [0.1, 0.15) is 56.6 Å². The first-order valence-electron chi connectivity index (χ1n) is 9.66. The Bertz CT molecular complexity index is 712. The van der Waals surface area contributed by atoms with Crippen LogP contribution < -0.4 is 10.1 Å². The van der Waals surface area contributed by atoms with Crippen LogP contribution >= 0.6 is 51.5 Å². The summed E-state index contributed by atoms with van der Waals surface area (Å²) < 4.78 is 7.08. The third-order valence-electron chi connectivity index (χ3n) is 4.44. The van der Waals surface area contributed by atoms with Gasteiger partial charge in [-0.25, -0.2) is 0 Å². The van der Waals surface area contributed by atoms with Crippen molar-refractivity contribution in [3.05, 3.63) is 62.0 Å². The summed E-state index contributed by atoms with van der Waals surface area (Å²) in [4.78, 5) is 0. The van der Waals surface area contributed by atoms with Crippen LogP contribution in [-0.2, 0) is 13.2 Å². The Morgan fingerprint density at radius 3 is 2.43 bits per heavy atom. The Kier molecular flexibility index (Phi) is 13.3. The molecule has 2 aromatic rings. The van der Waals surface area contributed by atoms with Crippen molar-refractivity contribution in [2.24, 2.45) is 0 Å². The van der Waals surface area contributed by atoms with Gasteiger partial charge in [-0.05, 0) is 43.3 Å². The average molecular weight is 510 g/mol. The molecule has 0 unspecified atom stereocenters. The predicted octanol–water partition coefficient (Wildman–Crippen LogP) is 8.21. The molecule has 6 heteroatoms. The third kappa shape index (κ3) is 9.37. The molecule has 0 radical (unpaired) electrons. The minimum absolute atomic E-state index is 0. The van der Waals surface area contributed by atoms with Gasteiger partial charge >= 0.3 is 0 Å². The molecule has 0 aliphatic carbocycles.